The largest absolute Gasteiger partial charge is 0.319 e. The Bertz CT molecular complexity index is 312. The molecule has 0 aromatic heterocycles. The van der Waals surface area contributed by atoms with Crippen LogP contribution < -0.4 is 5.32 Å². The number of nitrogens with one attached hydrogen (secondary N) is 1. The monoisotopic (exact) mass is 297 g/mol. The van der Waals surface area contributed by atoms with Crippen LogP contribution in [0.25, 0.3) is 0 Å². The summed E-state index contributed by atoms with van der Waals surface area (Å²) in [6, 6.07) is 8.69. The minimum absolute atomic E-state index is 0.765. The highest BCUT2D eigenvalue weighted by Gasteiger charge is 2.08. The predicted molar refractivity (Wildman–Crippen MR) is 79.4 cm³/mol. The topological polar surface area (TPSA) is 12.0 Å². The molecule has 0 amide bonds. The molecule has 0 aliphatic carbocycles. The van der Waals surface area contributed by atoms with Gasteiger partial charge in [0.2, 0.25) is 0 Å². The maximum atomic E-state index is 3.54. The molecular formula is C15H24BrN. The molecule has 0 saturated carbocycles. The molecule has 96 valence electrons. The van der Waals surface area contributed by atoms with Gasteiger partial charge in [-0.15, -0.1) is 0 Å². The summed E-state index contributed by atoms with van der Waals surface area (Å²) in [6.07, 6.45) is 6.55. The number of benzene rings is 1. The summed E-state index contributed by atoms with van der Waals surface area (Å²) in [7, 11) is 2.05. The Balaban J connectivity index is 2.47. The average molecular weight is 298 g/mol. The molecule has 1 atom stereocenters. The first-order chi connectivity index (χ1) is 8.26. The summed E-state index contributed by atoms with van der Waals surface area (Å²) in [4.78, 5) is 0. The number of hydrogen-bond acceptors (Lipinski definition) is 1. The molecule has 0 heterocycles. The highest BCUT2D eigenvalue weighted by atomic mass is 79.9. The second-order valence-corrected chi connectivity index (χ2v) is 5.67. The lowest BCUT2D eigenvalue weighted by molar-refractivity contribution is 0.438. The van der Waals surface area contributed by atoms with Crippen molar-refractivity contribution in [2.24, 2.45) is 5.92 Å². The third-order valence-corrected chi connectivity index (χ3v) is 3.62. The molecule has 1 N–H and O–H groups in total. The van der Waals surface area contributed by atoms with E-state index in [2.05, 4.69) is 52.4 Å². The second-order valence-electron chi connectivity index (χ2n) is 4.75. The molecule has 1 nitrogen and oxygen atoms in total. The molecule has 1 aromatic carbocycles. The second kappa shape index (κ2) is 8.71. The van der Waals surface area contributed by atoms with Crippen molar-refractivity contribution in [3.8, 4) is 0 Å². The minimum Gasteiger partial charge on any atom is -0.319 e. The van der Waals surface area contributed by atoms with Crippen LogP contribution in [0.4, 0.5) is 0 Å². The summed E-state index contributed by atoms with van der Waals surface area (Å²) in [6.45, 7) is 3.39. The molecule has 0 bridgehead atoms. The number of rotatable bonds is 8. The molecular weight excluding hydrogens is 274 g/mol. The molecule has 1 unspecified atom stereocenters. The van der Waals surface area contributed by atoms with E-state index in [-0.39, 0.29) is 0 Å². The maximum Gasteiger partial charge on any atom is 0.0177 e. The van der Waals surface area contributed by atoms with E-state index in [0.717, 1.165) is 12.5 Å². The summed E-state index contributed by atoms with van der Waals surface area (Å²) < 4.78 is 1.19. The van der Waals surface area contributed by atoms with Gasteiger partial charge in [0.1, 0.15) is 0 Å². The molecule has 1 rings (SSSR count). The highest BCUT2D eigenvalue weighted by molar-refractivity contribution is 9.10. The number of halogens is 1. The molecule has 17 heavy (non-hydrogen) atoms. The van der Waals surface area contributed by atoms with Gasteiger partial charge in [-0.05, 0) is 50.0 Å². The fourth-order valence-corrected chi connectivity index (χ4v) is 2.69. The van der Waals surface area contributed by atoms with Gasteiger partial charge in [0, 0.05) is 4.47 Å². The summed E-state index contributed by atoms with van der Waals surface area (Å²) in [5.41, 5.74) is 1.44. The Kier molecular flexibility index (Phi) is 7.54. The third kappa shape index (κ3) is 6.23. The van der Waals surface area contributed by atoms with Crippen molar-refractivity contribution in [3.05, 3.63) is 34.3 Å². The number of unbranched alkanes of at least 4 members (excludes halogenated alkanes) is 2. The van der Waals surface area contributed by atoms with E-state index in [1.807, 2.05) is 7.05 Å². The van der Waals surface area contributed by atoms with E-state index >= 15 is 0 Å². The van der Waals surface area contributed by atoms with E-state index in [1.54, 1.807) is 0 Å². The standard InChI is InChI=1S/C15H24BrN/c1-3-4-5-7-14(12-17-2)10-13-8-6-9-15(16)11-13/h6,8-9,11,14,17H,3-5,7,10,12H2,1-2H3. The Morgan fingerprint density at radius 1 is 1.29 bits per heavy atom. The summed E-state index contributed by atoms with van der Waals surface area (Å²) in [5, 5.41) is 3.32. The summed E-state index contributed by atoms with van der Waals surface area (Å²) in [5.74, 6) is 0.765. The van der Waals surface area contributed by atoms with Gasteiger partial charge in [-0.25, -0.2) is 0 Å². The fraction of sp³-hybridized carbons (Fsp3) is 0.600. The maximum absolute atomic E-state index is 3.54. The zero-order valence-electron chi connectivity index (χ0n) is 11.0. The molecule has 0 fully saturated rings. The van der Waals surface area contributed by atoms with E-state index < -0.39 is 0 Å². The Morgan fingerprint density at radius 3 is 2.76 bits per heavy atom. The van der Waals surface area contributed by atoms with Crippen LogP contribution in [0.2, 0.25) is 0 Å². The van der Waals surface area contributed by atoms with Gasteiger partial charge in [-0.1, -0.05) is 54.2 Å². The van der Waals surface area contributed by atoms with Crippen LogP contribution in [0, 0.1) is 5.92 Å². The van der Waals surface area contributed by atoms with E-state index in [9.17, 15) is 0 Å². The van der Waals surface area contributed by atoms with Crippen molar-refractivity contribution in [2.45, 2.75) is 39.0 Å². The first kappa shape index (κ1) is 14.7. The third-order valence-electron chi connectivity index (χ3n) is 3.12. The van der Waals surface area contributed by atoms with Gasteiger partial charge >= 0.3 is 0 Å². The zero-order valence-corrected chi connectivity index (χ0v) is 12.6. The first-order valence-electron chi connectivity index (χ1n) is 6.65. The van der Waals surface area contributed by atoms with Gasteiger partial charge in [-0.2, -0.15) is 0 Å². The molecule has 0 aliphatic rings. The predicted octanol–water partition coefficient (Wildman–Crippen LogP) is 4.41. The van der Waals surface area contributed by atoms with Crippen molar-refractivity contribution < 1.29 is 0 Å². The van der Waals surface area contributed by atoms with Gasteiger partial charge in [0.25, 0.3) is 0 Å². The molecule has 0 radical (unpaired) electrons. The van der Waals surface area contributed by atoms with Gasteiger partial charge < -0.3 is 5.32 Å². The minimum atomic E-state index is 0.765. The molecule has 1 aromatic rings. The highest BCUT2D eigenvalue weighted by Crippen LogP contribution is 2.18. The lowest BCUT2D eigenvalue weighted by atomic mass is 9.94. The van der Waals surface area contributed by atoms with Gasteiger partial charge in [0.05, 0.1) is 0 Å². The Morgan fingerprint density at radius 2 is 2.12 bits per heavy atom. The van der Waals surface area contributed by atoms with Crippen LogP contribution in [0.3, 0.4) is 0 Å². The SMILES string of the molecule is CCCCCC(CNC)Cc1cccc(Br)c1. The first-order valence-corrected chi connectivity index (χ1v) is 7.44. The molecule has 2 heteroatoms. The van der Waals surface area contributed by atoms with Crippen LogP contribution in [0.1, 0.15) is 38.2 Å². The summed E-state index contributed by atoms with van der Waals surface area (Å²) >= 11 is 3.54. The van der Waals surface area contributed by atoms with Crippen LogP contribution >= 0.6 is 15.9 Å². The van der Waals surface area contributed by atoms with Crippen molar-refractivity contribution in [3.63, 3.8) is 0 Å². The average Bonchev–Trinajstić information content (AvgIpc) is 2.29. The van der Waals surface area contributed by atoms with Crippen LogP contribution in [0.15, 0.2) is 28.7 Å². The van der Waals surface area contributed by atoms with Crippen LogP contribution in [-0.4, -0.2) is 13.6 Å². The molecule has 0 aliphatic heterocycles. The smallest absolute Gasteiger partial charge is 0.0177 e. The Labute approximate surface area is 114 Å². The van der Waals surface area contributed by atoms with Crippen LogP contribution in [0.5, 0.6) is 0 Å². The van der Waals surface area contributed by atoms with Crippen molar-refractivity contribution in [1.29, 1.82) is 0 Å². The van der Waals surface area contributed by atoms with E-state index in [1.165, 1.54) is 42.1 Å². The fourth-order valence-electron chi connectivity index (χ4n) is 2.25. The van der Waals surface area contributed by atoms with E-state index in [4.69, 9.17) is 0 Å². The molecule has 0 saturated heterocycles. The lowest BCUT2D eigenvalue weighted by Gasteiger charge is -2.16. The van der Waals surface area contributed by atoms with Crippen molar-refractivity contribution in [1.82, 2.24) is 5.32 Å². The molecule has 0 spiro atoms. The number of hydrogen-bond donors (Lipinski definition) is 1. The Hall–Kier alpha value is -0.340. The van der Waals surface area contributed by atoms with Crippen molar-refractivity contribution >= 4 is 15.9 Å². The normalized spacial score (nSPS) is 12.6. The zero-order chi connectivity index (χ0) is 12.5. The van der Waals surface area contributed by atoms with Gasteiger partial charge in [0.15, 0.2) is 0 Å². The van der Waals surface area contributed by atoms with Gasteiger partial charge in [-0.3, -0.25) is 0 Å². The quantitative estimate of drug-likeness (QED) is 0.701. The lowest BCUT2D eigenvalue weighted by Crippen LogP contribution is -2.20. The van der Waals surface area contributed by atoms with Crippen LogP contribution in [-0.2, 0) is 6.42 Å². The van der Waals surface area contributed by atoms with E-state index in [0.29, 0.717) is 0 Å². The van der Waals surface area contributed by atoms with Crippen molar-refractivity contribution in [2.75, 3.05) is 13.6 Å².